The first-order chi connectivity index (χ1) is 36.1. The van der Waals surface area contributed by atoms with E-state index in [-0.39, 0.29) is 6.61 Å². The van der Waals surface area contributed by atoms with Gasteiger partial charge in [-0.3, -0.25) is 9.05 Å². The van der Waals surface area contributed by atoms with Crippen molar-refractivity contribution < 1.29 is 103 Å². The van der Waals surface area contributed by atoms with Gasteiger partial charge in [0.1, 0.15) is 91.6 Å². The first-order valence-electron chi connectivity index (χ1n) is 28.9. The van der Waals surface area contributed by atoms with Crippen molar-refractivity contribution in [2.24, 2.45) is 0 Å². The smallest absolute Gasteiger partial charge is 0.394 e. The average molecular weight is 1110 g/mol. The number of rotatable bonds is 44. The highest BCUT2D eigenvalue weighted by atomic mass is 31.2. The SMILES string of the molecule is CCCCCCCCCCCCCCCCOC[C@H](COP(=O)(O)OC1C(O[C@@H]2OC(CO)[C@H](O)[C@H](O)C2O)C(O)C(O)[C@H](O)C1O[C@H]1OC(CO)[C@@H](O)C(O)[C@H]1O)OCCCCCCCCCCCCCCCC. The predicted molar refractivity (Wildman–Crippen MR) is 277 cm³/mol. The number of aliphatic hydroxyl groups is 11. The molecule has 0 aromatic rings. The number of aliphatic hydroxyl groups excluding tert-OH is 11. The highest BCUT2D eigenvalue weighted by molar-refractivity contribution is 7.47. The molecular formula is C53H103O21P. The maximum absolute atomic E-state index is 14.0. The van der Waals surface area contributed by atoms with Gasteiger partial charge in [0.15, 0.2) is 12.6 Å². The Morgan fingerprint density at radius 3 is 1.11 bits per heavy atom. The number of ether oxygens (including phenoxy) is 6. The van der Waals surface area contributed by atoms with Crippen molar-refractivity contribution in [3.8, 4) is 0 Å². The average Bonchev–Trinajstić information content (AvgIpc) is 3.40. The molecule has 3 aliphatic rings. The van der Waals surface area contributed by atoms with E-state index in [2.05, 4.69) is 13.8 Å². The summed E-state index contributed by atoms with van der Waals surface area (Å²) in [6.45, 7) is 2.86. The standard InChI is InChI=1S/C53H103O21P/c1-3-5-7-9-11-13-15-17-19-21-23-25-27-29-31-67-35-37(68-32-30-28-26-24-22-20-18-16-14-12-10-8-6-4-2)36-69-75(65,66)74-51-49(72-52-47(63)42(58)40(56)38(33-54)70-52)45(61)44(60)46(62)50(51)73-53-48(64)43(59)41(57)39(34-55)71-53/h37-64H,3-36H2,1-2H3,(H,65,66)/t37-,38?,39?,40-,41+,42?,43+,44?,45+,46?,47-,48?,49?,50?,51?,52-,53+/m1/s1. The Kier molecular flexibility index (Phi) is 36.4. The monoisotopic (exact) mass is 1110 g/mol. The van der Waals surface area contributed by atoms with Crippen LogP contribution in [0.25, 0.3) is 0 Å². The lowest BCUT2D eigenvalue weighted by atomic mass is 9.84. The van der Waals surface area contributed by atoms with Crippen LogP contribution in [-0.4, -0.2) is 205 Å². The van der Waals surface area contributed by atoms with Gasteiger partial charge in [0.05, 0.1) is 26.4 Å². The maximum Gasteiger partial charge on any atom is 0.472 e. The molecule has 3 rings (SSSR count). The summed E-state index contributed by atoms with van der Waals surface area (Å²) in [5.41, 5.74) is 0. The Balaban J connectivity index is 1.66. The Labute approximate surface area is 447 Å². The summed E-state index contributed by atoms with van der Waals surface area (Å²) in [6.07, 6.45) is 0.489. The lowest BCUT2D eigenvalue weighted by molar-refractivity contribution is -0.360. The number of hydrogen-bond acceptors (Lipinski definition) is 20. The second-order valence-electron chi connectivity index (χ2n) is 21.2. The van der Waals surface area contributed by atoms with Gasteiger partial charge >= 0.3 is 7.82 Å². The fourth-order valence-electron chi connectivity index (χ4n) is 9.94. The van der Waals surface area contributed by atoms with E-state index in [9.17, 15) is 65.6 Å². The molecule has 21 nitrogen and oxygen atoms in total. The molecule has 12 N–H and O–H groups in total. The first-order valence-corrected chi connectivity index (χ1v) is 30.4. The van der Waals surface area contributed by atoms with Crippen molar-refractivity contribution in [3.05, 3.63) is 0 Å². The summed E-state index contributed by atoms with van der Waals surface area (Å²) >= 11 is 0. The Hall–Kier alpha value is -0.570. The van der Waals surface area contributed by atoms with Crippen LogP contribution in [0.4, 0.5) is 0 Å². The molecule has 75 heavy (non-hydrogen) atoms. The largest absolute Gasteiger partial charge is 0.472 e. The number of phosphoric acid groups is 1. The summed E-state index contributed by atoms with van der Waals surface area (Å²) in [6, 6.07) is 0. The molecular weight excluding hydrogens is 1000 g/mol. The highest BCUT2D eigenvalue weighted by Gasteiger charge is 2.58. The second-order valence-corrected chi connectivity index (χ2v) is 22.6. The third kappa shape index (κ3) is 25.4. The van der Waals surface area contributed by atoms with Crippen molar-refractivity contribution in [2.75, 3.05) is 39.6 Å². The van der Waals surface area contributed by atoms with E-state index >= 15 is 0 Å². The zero-order valence-electron chi connectivity index (χ0n) is 45.3. The first kappa shape index (κ1) is 68.7. The molecule has 22 heteroatoms. The van der Waals surface area contributed by atoms with Gasteiger partial charge < -0.3 is 89.5 Å². The van der Waals surface area contributed by atoms with Gasteiger partial charge in [0, 0.05) is 13.2 Å². The van der Waals surface area contributed by atoms with Crippen LogP contribution in [0, 0.1) is 0 Å². The lowest BCUT2D eigenvalue weighted by Gasteiger charge is -2.49. The third-order valence-electron chi connectivity index (χ3n) is 14.8. The molecule has 1 saturated carbocycles. The minimum Gasteiger partial charge on any atom is -0.394 e. The van der Waals surface area contributed by atoms with Crippen LogP contribution in [0.3, 0.4) is 0 Å². The molecule has 446 valence electrons. The molecule has 2 heterocycles. The molecule has 0 bridgehead atoms. The van der Waals surface area contributed by atoms with E-state index in [0.717, 1.165) is 44.9 Å². The fraction of sp³-hybridized carbons (Fsp3) is 1.00. The van der Waals surface area contributed by atoms with Gasteiger partial charge in [-0.2, -0.15) is 0 Å². The molecule has 2 aliphatic heterocycles. The van der Waals surface area contributed by atoms with E-state index in [0.29, 0.717) is 19.6 Å². The van der Waals surface area contributed by atoms with Crippen molar-refractivity contribution in [1.29, 1.82) is 0 Å². The fourth-order valence-corrected chi connectivity index (χ4v) is 10.9. The quantitative estimate of drug-likeness (QED) is 0.0299. The molecule has 0 aromatic carbocycles. The van der Waals surface area contributed by atoms with Crippen LogP contribution in [0.1, 0.15) is 194 Å². The normalized spacial score (nSPS) is 32.7. The Morgan fingerprint density at radius 2 is 0.747 bits per heavy atom. The van der Waals surface area contributed by atoms with E-state index in [4.69, 9.17) is 37.5 Å². The van der Waals surface area contributed by atoms with Crippen LogP contribution in [-0.2, 0) is 42.0 Å². The lowest BCUT2D eigenvalue weighted by Crippen LogP contribution is -2.69. The zero-order chi connectivity index (χ0) is 55.0. The van der Waals surface area contributed by atoms with Gasteiger partial charge in [-0.25, -0.2) is 4.57 Å². The minimum atomic E-state index is -5.40. The van der Waals surface area contributed by atoms with E-state index in [1.807, 2.05) is 0 Å². The number of phosphoric ester groups is 1. The van der Waals surface area contributed by atoms with Gasteiger partial charge in [-0.15, -0.1) is 0 Å². The molecule has 18 atom stereocenters. The number of hydrogen-bond donors (Lipinski definition) is 12. The zero-order valence-corrected chi connectivity index (χ0v) is 46.2. The predicted octanol–water partition coefficient (Wildman–Crippen LogP) is 4.32. The topological polar surface area (TPSA) is 334 Å². The van der Waals surface area contributed by atoms with E-state index < -0.39 is 132 Å². The summed E-state index contributed by atoms with van der Waals surface area (Å²) in [5, 5.41) is 117. The molecule has 0 radical (unpaired) electrons. The van der Waals surface area contributed by atoms with Gasteiger partial charge in [-0.05, 0) is 12.8 Å². The molecule has 0 aromatic heterocycles. The second kappa shape index (κ2) is 39.8. The summed E-state index contributed by atoms with van der Waals surface area (Å²) in [7, 11) is -5.40. The van der Waals surface area contributed by atoms with E-state index in [1.54, 1.807) is 0 Å². The van der Waals surface area contributed by atoms with Crippen molar-refractivity contribution in [1.82, 2.24) is 0 Å². The third-order valence-corrected chi connectivity index (χ3v) is 15.8. The molecule has 10 unspecified atom stereocenters. The minimum absolute atomic E-state index is 0.00418. The van der Waals surface area contributed by atoms with Crippen LogP contribution >= 0.6 is 7.82 Å². The van der Waals surface area contributed by atoms with Gasteiger partial charge in [-0.1, -0.05) is 181 Å². The summed E-state index contributed by atoms with van der Waals surface area (Å²) in [4.78, 5) is 11.3. The van der Waals surface area contributed by atoms with Crippen LogP contribution in [0.5, 0.6) is 0 Å². The Bertz CT molecular complexity index is 1390. The molecule has 2 saturated heterocycles. The molecule has 3 fully saturated rings. The Morgan fingerprint density at radius 1 is 0.413 bits per heavy atom. The number of unbranched alkanes of at least 4 members (excludes halogenated alkanes) is 26. The van der Waals surface area contributed by atoms with Crippen LogP contribution in [0.15, 0.2) is 0 Å². The summed E-state index contributed by atoms with van der Waals surface area (Å²) in [5.74, 6) is 0. The summed E-state index contributed by atoms with van der Waals surface area (Å²) < 4.78 is 59.6. The van der Waals surface area contributed by atoms with Crippen molar-refractivity contribution in [3.63, 3.8) is 0 Å². The van der Waals surface area contributed by atoms with E-state index in [1.165, 1.54) is 128 Å². The van der Waals surface area contributed by atoms with Gasteiger partial charge in [0.25, 0.3) is 0 Å². The molecule has 0 spiro atoms. The van der Waals surface area contributed by atoms with Gasteiger partial charge in [0.2, 0.25) is 0 Å². The molecule has 1 aliphatic carbocycles. The maximum atomic E-state index is 14.0. The molecule has 0 amide bonds. The van der Waals surface area contributed by atoms with Crippen LogP contribution in [0.2, 0.25) is 0 Å². The van der Waals surface area contributed by atoms with Crippen LogP contribution < -0.4 is 0 Å². The van der Waals surface area contributed by atoms with Crippen molar-refractivity contribution >= 4 is 7.82 Å². The van der Waals surface area contributed by atoms with Crippen molar-refractivity contribution in [2.45, 2.75) is 298 Å². The highest BCUT2D eigenvalue weighted by Crippen LogP contribution is 2.49.